The number of benzene rings is 1. The Kier molecular flexibility index (Phi) is 4.02. The van der Waals surface area contributed by atoms with Crippen LogP contribution in [0.2, 0.25) is 0 Å². The van der Waals surface area contributed by atoms with Gasteiger partial charge in [-0.1, -0.05) is 31.5 Å². The molecule has 0 aliphatic carbocycles. The van der Waals surface area contributed by atoms with Crippen molar-refractivity contribution in [2.45, 2.75) is 32.4 Å². The van der Waals surface area contributed by atoms with E-state index < -0.39 is 0 Å². The first-order valence-corrected chi connectivity index (χ1v) is 6.45. The summed E-state index contributed by atoms with van der Waals surface area (Å²) in [5, 5.41) is 9.76. The van der Waals surface area contributed by atoms with Gasteiger partial charge < -0.3 is 10.8 Å². The van der Waals surface area contributed by atoms with Crippen LogP contribution in [0, 0.1) is 5.92 Å². The van der Waals surface area contributed by atoms with Gasteiger partial charge in [0, 0.05) is 24.7 Å². The van der Waals surface area contributed by atoms with Crippen molar-refractivity contribution in [3.63, 3.8) is 0 Å². The topological polar surface area (TPSA) is 49.5 Å². The predicted molar refractivity (Wildman–Crippen MR) is 69.8 cm³/mol. The molecule has 94 valence electrons. The van der Waals surface area contributed by atoms with Gasteiger partial charge in [-0.2, -0.15) is 0 Å². The Balaban J connectivity index is 1.98. The molecule has 1 aromatic carbocycles. The molecular weight excluding hydrogens is 212 g/mol. The quantitative estimate of drug-likeness (QED) is 0.840. The highest BCUT2D eigenvalue weighted by atomic mass is 16.3. The maximum absolute atomic E-state index is 9.76. The molecule has 1 fully saturated rings. The zero-order chi connectivity index (χ0) is 12.3. The van der Waals surface area contributed by atoms with E-state index in [1.165, 1.54) is 0 Å². The van der Waals surface area contributed by atoms with Crippen molar-refractivity contribution in [2.75, 3.05) is 13.1 Å². The summed E-state index contributed by atoms with van der Waals surface area (Å²) in [6.07, 6.45) is 2.20. The van der Waals surface area contributed by atoms with Crippen LogP contribution in [0.4, 0.5) is 0 Å². The summed E-state index contributed by atoms with van der Waals surface area (Å²) in [4.78, 5) is 2.40. The minimum Gasteiger partial charge on any atom is -0.508 e. The summed E-state index contributed by atoms with van der Waals surface area (Å²) < 4.78 is 0. The molecule has 0 saturated carbocycles. The van der Waals surface area contributed by atoms with Crippen LogP contribution in [0.1, 0.15) is 25.3 Å². The largest absolute Gasteiger partial charge is 0.508 e. The Labute approximate surface area is 103 Å². The SMILES string of the molecule is CCC1CN(Cc2ccccc2O)CCC1N. The molecule has 2 rings (SSSR count). The van der Waals surface area contributed by atoms with Gasteiger partial charge in [0.15, 0.2) is 0 Å². The van der Waals surface area contributed by atoms with E-state index in [-0.39, 0.29) is 0 Å². The maximum Gasteiger partial charge on any atom is 0.120 e. The lowest BCUT2D eigenvalue weighted by Crippen LogP contribution is -2.46. The highest BCUT2D eigenvalue weighted by molar-refractivity contribution is 5.31. The van der Waals surface area contributed by atoms with Crippen LogP contribution in [0.3, 0.4) is 0 Å². The van der Waals surface area contributed by atoms with E-state index in [9.17, 15) is 5.11 Å². The van der Waals surface area contributed by atoms with Crippen LogP contribution in [-0.4, -0.2) is 29.1 Å². The summed E-state index contributed by atoms with van der Waals surface area (Å²) >= 11 is 0. The normalized spacial score (nSPS) is 26.0. The molecule has 1 saturated heterocycles. The van der Waals surface area contributed by atoms with Crippen LogP contribution >= 0.6 is 0 Å². The molecule has 1 aliphatic heterocycles. The number of likely N-dealkylation sites (tertiary alicyclic amines) is 1. The Morgan fingerprint density at radius 3 is 2.88 bits per heavy atom. The van der Waals surface area contributed by atoms with Crippen LogP contribution in [0.5, 0.6) is 5.75 Å². The van der Waals surface area contributed by atoms with Gasteiger partial charge in [0.1, 0.15) is 5.75 Å². The lowest BCUT2D eigenvalue weighted by molar-refractivity contribution is 0.144. The first-order chi connectivity index (χ1) is 8.20. The van der Waals surface area contributed by atoms with Crippen molar-refractivity contribution in [2.24, 2.45) is 11.7 Å². The van der Waals surface area contributed by atoms with Gasteiger partial charge in [-0.25, -0.2) is 0 Å². The number of hydrogen-bond donors (Lipinski definition) is 2. The fourth-order valence-corrected chi connectivity index (χ4v) is 2.59. The first kappa shape index (κ1) is 12.4. The van der Waals surface area contributed by atoms with Crippen LogP contribution in [-0.2, 0) is 6.54 Å². The molecule has 0 aromatic heterocycles. The minimum absolute atomic E-state index is 0.348. The molecule has 1 aliphatic rings. The summed E-state index contributed by atoms with van der Waals surface area (Å²) in [6, 6.07) is 7.93. The van der Waals surface area contributed by atoms with E-state index in [2.05, 4.69) is 11.8 Å². The number of nitrogens with two attached hydrogens (primary N) is 1. The molecule has 3 heteroatoms. The number of phenolic OH excluding ortho intramolecular Hbond substituents is 1. The van der Waals surface area contributed by atoms with Crippen molar-refractivity contribution >= 4 is 0 Å². The third-order valence-corrected chi connectivity index (χ3v) is 3.79. The number of rotatable bonds is 3. The van der Waals surface area contributed by atoms with Gasteiger partial charge in [-0.15, -0.1) is 0 Å². The fraction of sp³-hybridized carbons (Fsp3) is 0.571. The number of piperidine rings is 1. The zero-order valence-electron chi connectivity index (χ0n) is 10.5. The molecular formula is C14H22N2O. The Morgan fingerprint density at radius 2 is 2.18 bits per heavy atom. The Bertz CT molecular complexity index is 367. The fourth-order valence-electron chi connectivity index (χ4n) is 2.59. The summed E-state index contributed by atoms with van der Waals surface area (Å²) in [5.41, 5.74) is 7.11. The smallest absolute Gasteiger partial charge is 0.120 e. The van der Waals surface area contributed by atoms with Crippen molar-refractivity contribution in [3.8, 4) is 5.75 Å². The van der Waals surface area contributed by atoms with E-state index >= 15 is 0 Å². The van der Waals surface area contributed by atoms with E-state index in [1.807, 2.05) is 18.2 Å². The molecule has 3 N–H and O–H groups in total. The molecule has 0 spiro atoms. The highest BCUT2D eigenvalue weighted by Crippen LogP contribution is 2.23. The van der Waals surface area contributed by atoms with Gasteiger partial charge in [0.2, 0.25) is 0 Å². The van der Waals surface area contributed by atoms with Crippen molar-refractivity contribution in [1.82, 2.24) is 4.90 Å². The van der Waals surface area contributed by atoms with Gasteiger partial charge in [-0.05, 0) is 24.9 Å². The zero-order valence-corrected chi connectivity index (χ0v) is 10.5. The van der Waals surface area contributed by atoms with E-state index in [4.69, 9.17) is 5.73 Å². The Hall–Kier alpha value is -1.06. The molecule has 2 atom stereocenters. The van der Waals surface area contributed by atoms with Gasteiger partial charge in [0.05, 0.1) is 0 Å². The summed E-state index contributed by atoms with van der Waals surface area (Å²) in [7, 11) is 0. The highest BCUT2D eigenvalue weighted by Gasteiger charge is 2.25. The average molecular weight is 234 g/mol. The first-order valence-electron chi connectivity index (χ1n) is 6.45. The second kappa shape index (κ2) is 5.52. The molecule has 1 aromatic rings. The Morgan fingerprint density at radius 1 is 1.41 bits per heavy atom. The number of aromatic hydroxyl groups is 1. The van der Waals surface area contributed by atoms with E-state index in [0.717, 1.165) is 38.0 Å². The third kappa shape index (κ3) is 2.99. The van der Waals surface area contributed by atoms with Crippen LogP contribution < -0.4 is 5.73 Å². The predicted octanol–water partition coefficient (Wildman–Crippen LogP) is 1.95. The van der Waals surface area contributed by atoms with Crippen LogP contribution in [0.25, 0.3) is 0 Å². The van der Waals surface area contributed by atoms with Crippen molar-refractivity contribution in [1.29, 1.82) is 0 Å². The molecule has 0 amide bonds. The molecule has 1 heterocycles. The second-order valence-electron chi connectivity index (χ2n) is 4.98. The van der Waals surface area contributed by atoms with Gasteiger partial charge in [-0.3, -0.25) is 4.90 Å². The van der Waals surface area contributed by atoms with E-state index in [1.54, 1.807) is 6.07 Å². The van der Waals surface area contributed by atoms with Crippen molar-refractivity contribution in [3.05, 3.63) is 29.8 Å². The monoisotopic (exact) mass is 234 g/mol. The lowest BCUT2D eigenvalue weighted by Gasteiger charge is -2.36. The number of para-hydroxylation sites is 1. The van der Waals surface area contributed by atoms with Crippen molar-refractivity contribution < 1.29 is 5.11 Å². The number of nitrogens with zero attached hydrogens (tertiary/aromatic N) is 1. The van der Waals surface area contributed by atoms with Crippen LogP contribution in [0.15, 0.2) is 24.3 Å². The lowest BCUT2D eigenvalue weighted by atomic mass is 9.90. The molecule has 17 heavy (non-hydrogen) atoms. The molecule has 0 radical (unpaired) electrons. The molecule has 0 bridgehead atoms. The van der Waals surface area contributed by atoms with Gasteiger partial charge in [0.25, 0.3) is 0 Å². The minimum atomic E-state index is 0.348. The third-order valence-electron chi connectivity index (χ3n) is 3.79. The number of hydrogen-bond acceptors (Lipinski definition) is 3. The molecule has 3 nitrogen and oxygen atoms in total. The van der Waals surface area contributed by atoms with E-state index in [0.29, 0.717) is 17.7 Å². The summed E-state index contributed by atoms with van der Waals surface area (Å²) in [5.74, 6) is 0.991. The summed E-state index contributed by atoms with van der Waals surface area (Å²) in [6.45, 7) is 5.11. The maximum atomic E-state index is 9.76. The molecule has 2 unspecified atom stereocenters. The van der Waals surface area contributed by atoms with Gasteiger partial charge >= 0.3 is 0 Å². The number of phenols is 1. The second-order valence-corrected chi connectivity index (χ2v) is 4.98. The average Bonchev–Trinajstić information content (AvgIpc) is 2.34. The standard InChI is InChI=1S/C14H22N2O/c1-2-11-9-16(8-7-13(11)15)10-12-5-3-4-6-14(12)17/h3-6,11,13,17H,2,7-10,15H2,1H3.